The number of ether oxygens (including phenoxy) is 2. The van der Waals surface area contributed by atoms with Crippen LogP contribution in [-0.4, -0.2) is 72.3 Å². The van der Waals surface area contributed by atoms with Crippen molar-refractivity contribution in [3.8, 4) is 6.07 Å². The summed E-state index contributed by atoms with van der Waals surface area (Å²) in [6, 6.07) is 6.97. The maximum atomic E-state index is 14.3. The van der Waals surface area contributed by atoms with E-state index in [4.69, 9.17) is 9.47 Å². The number of alkyl halides is 3. The van der Waals surface area contributed by atoms with Crippen LogP contribution in [0.4, 0.5) is 18.9 Å². The van der Waals surface area contributed by atoms with Gasteiger partial charge in [0.05, 0.1) is 37.2 Å². The van der Waals surface area contributed by atoms with Gasteiger partial charge in [-0.1, -0.05) is 12.1 Å². The molecule has 4 N–H and O–H groups in total. The van der Waals surface area contributed by atoms with Crippen LogP contribution in [0.1, 0.15) is 52.0 Å². The number of rotatable bonds is 8. The fourth-order valence-electron chi connectivity index (χ4n) is 6.14. The van der Waals surface area contributed by atoms with E-state index in [2.05, 4.69) is 22.1 Å². The monoisotopic (exact) mass is 567 g/mol. The number of halogens is 3. The van der Waals surface area contributed by atoms with Gasteiger partial charge in [-0.05, 0) is 57.7 Å². The summed E-state index contributed by atoms with van der Waals surface area (Å²) in [7, 11) is 0. The first kappa shape index (κ1) is 30.0. The van der Waals surface area contributed by atoms with E-state index in [0.717, 1.165) is 32.4 Å². The molecule has 3 aliphatic heterocycles. The fraction of sp³-hybridized carbons (Fsp3) is 0.667. The molecule has 220 valence electrons. The SMILES string of the molecule is CCOC(=O)C(C)(C)C(O)(c1ccc(NC2NN([C@]3(CC#N)CCCOC3)C3CCNC(=O)C23)cc1)C(F)(F)F. The van der Waals surface area contributed by atoms with Gasteiger partial charge >= 0.3 is 12.1 Å². The standard InChI is InChI=1S/C27H36F3N5O5/c1-4-40-23(37)24(2,3)26(38,27(28,29)30)17-6-8-18(9-7-17)33-21-20-19(10-14-32-22(20)36)35(34-21)25(12-13-31)11-5-15-39-16-25/h6-9,19-21,33-34,38H,4-5,10-12,14-16H2,1-3H3,(H,32,36)/t19?,20?,21?,25-,26?/m0/s1. The smallest absolute Gasteiger partial charge is 0.422 e. The predicted octanol–water partition coefficient (Wildman–Crippen LogP) is 2.55. The van der Waals surface area contributed by atoms with Crippen LogP contribution in [0.2, 0.25) is 0 Å². The van der Waals surface area contributed by atoms with Crippen molar-refractivity contribution in [3.63, 3.8) is 0 Å². The molecule has 3 aliphatic rings. The number of amides is 1. The Morgan fingerprint density at radius 3 is 2.60 bits per heavy atom. The van der Waals surface area contributed by atoms with Gasteiger partial charge in [-0.3, -0.25) is 9.59 Å². The minimum atomic E-state index is -5.18. The Morgan fingerprint density at radius 1 is 1.32 bits per heavy atom. The van der Waals surface area contributed by atoms with E-state index < -0.39 is 46.3 Å². The number of fused-ring (bicyclic) bond motifs is 1. The molecule has 0 aliphatic carbocycles. The van der Waals surface area contributed by atoms with Crippen molar-refractivity contribution < 1.29 is 37.3 Å². The molecule has 1 amide bonds. The summed E-state index contributed by atoms with van der Waals surface area (Å²) in [5.74, 6) is -1.90. The zero-order valence-corrected chi connectivity index (χ0v) is 22.8. The molecule has 3 heterocycles. The molecule has 40 heavy (non-hydrogen) atoms. The number of hydrogen-bond acceptors (Lipinski definition) is 9. The molecule has 1 aromatic rings. The molecule has 0 radical (unpaired) electrons. The third-order valence-corrected chi connectivity index (χ3v) is 8.37. The summed E-state index contributed by atoms with van der Waals surface area (Å²) in [6.07, 6.45) is -3.46. The molecular weight excluding hydrogens is 531 g/mol. The van der Waals surface area contributed by atoms with Gasteiger partial charge in [0.2, 0.25) is 11.5 Å². The second-order valence-electron chi connectivity index (χ2n) is 11.1. The minimum Gasteiger partial charge on any atom is -0.465 e. The van der Waals surface area contributed by atoms with E-state index in [1.165, 1.54) is 19.1 Å². The molecule has 3 saturated heterocycles. The van der Waals surface area contributed by atoms with Crippen LogP contribution in [0.5, 0.6) is 0 Å². The largest absolute Gasteiger partial charge is 0.465 e. The van der Waals surface area contributed by atoms with Crippen molar-refractivity contribution in [3.05, 3.63) is 29.8 Å². The van der Waals surface area contributed by atoms with E-state index in [1.807, 2.05) is 5.01 Å². The number of nitrogens with one attached hydrogen (secondary N) is 3. The number of hydrogen-bond donors (Lipinski definition) is 4. The Bertz CT molecular complexity index is 1130. The number of nitrogens with zero attached hydrogens (tertiary/aromatic N) is 2. The Morgan fingerprint density at radius 2 is 2.02 bits per heavy atom. The first-order chi connectivity index (χ1) is 18.8. The lowest BCUT2D eigenvalue weighted by atomic mass is 9.70. The molecule has 0 aromatic heterocycles. The normalized spacial score (nSPS) is 29.1. The van der Waals surface area contributed by atoms with Gasteiger partial charge in [0.15, 0.2) is 0 Å². The third-order valence-electron chi connectivity index (χ3n) is 8.37. The van der Waals surface area contributed by atoms with Gasteiger partial charge in [-0.15, -0.1) is 0 Å². The quantitative estimate of drug-likeness (QED) is 0.350. The molecule has 5 atom stereocenters. The Hall–Kier alpha value is -2.92. The molecule has 0 bridgehead atoms. The summed E-state index contributed by atoms with van der Waals surface area (Å²) in [6.45, 7) is 4.75. The Labute approximate surface area is 231 Å². The molecule has 0 saturated carbocycles. The average molecular weight is 568 g/mol. The van der Waals surface area contributed by atoms with Crippen molar-refractivity contribution in [2.24, 2.45) is 11.3 Å². The molecule has 4 rings (SSSR count). The van der Waals surface area contributed by atoms with Crippen LogP contribution in [0.25, 0.3) is 0 Å². The number of hydrazine groups is 1. The van der Waals surface area contributed by atoms with E-state index in [0.29, 0.717) is 38.3 Å². The molecule has 3 fully saturated rings. The molecular formula is C27H36F3N5O5. The second-order valence-corrected chi connectivity index (χ2v) is 11.1. The maximum Gasteiger partial charge on any atom is 0.422 e. The summed E-state index contributed by atoms with van der Waals surface area (Å²) >= 11 is 0. The highest BCUT2D eigenvalue weighted by atomic mass is 19.4. The van der Waals surface area contributed by atoms with Gasteiger partial charge in [0, 0.05) is 24.9 Å². The number of carbonyl (C=O) groups is 2. The van der Waals surface area contributed by atoms with Crippen LogP contribution in [0.3, 0.4) is 0 Å². The summed E-state index contributed by atoms with van der Waals surface area (Å²) in [5.41, 5.74) is -3.23. The lowest BCUT2D eigenvalue weighted by Crippen LogP contribution is -2.61. The van der Waals surface area contributed by atoms with E-state index in [1.54, 1.807) is 0 Å². The average Bonchev–Trinajstić information content (AvgIpc) is 3.29. The van der Waals surface area contributed by atoms with Crippen molar-refractivity contribution in [1.82, 2.24) is 15.8 Å². The number of aliphatic hydroxyl groups is 1. The van der Waals surface area contributed by atoms with Crippen molar-refractivity contribution in [2.75, 3.05) is 31.7 Å². The fourth-order valence-corrected chi connectivity index (χ4v) is 6.14. The molecule has 4 unspecified atom stereocenters. The lowest BCUT2D eigenvalue weighted by molar-refractivity contribution is -0.303. The van der Waals surface area contributed by atoms with E-state index in [9.17, 15) is 33.1 Å². The first-order valence-corrected chi connectivity index (χ1v) is 13.4. The van der Waals surface area contributed by atoms with Gasteiger partial charge in [0.25, 0.3) is 0 Å². The lowest BCUT2D eigenvalue weighted by Gasteiger charge is -2.46. The van der Waals surface area contributed by atoms with Crippen LogP contribution < -0.4 is 16.1 Å². The van der Waals surface area contributed by atoms with Gasteiger partial charge in [0.1, 0.15) is 11.6 Å². The van der Waals surface area contributed by atoms with E-state index >= 15 is 0 Å². The highest BCUT2D eigenvalue weighted by Gasteiger charge is 2.67. The molecule has 13 heteroatoms. The maximum absolute atomic E-state index is 14.3. The van der Waals surface area contributed by atoms with Gasteiger partial charge in [-0.2, -0.15) is 18.4 Å². The van der Waals surface area contributed by atoms with Gasteiger partial charge in [-0.25, -0.2) is 10.4 Å². The Kier molecular flexibility index (Phi) is 8.38. The molecule has 0 spiro atoms. The number of carbonyl (C=O) groups excluding carboxylic acids is 2. The van der Waals surface area contributed by atoms with Crippen LogP contribution >= 0.6 is 0 Å². The van der Waals surface area contributed by atoms with Gasteiger partial charge < -0.3 is 25.2 Å². The number of piperidine rings is 1. The topological polar surface area (TPSA) is 136 Å². The first-order valence-electron chi connectivity index (χ1n) is 13.4. The van der Waals surface area contributed by atoms with Crippen molar-refractivity contribution in [2.45, 2.75) is 76.0 Å². The highest BCUT2D eigenvalue weighted by molar-refractivity contribution is 5.82. The summed E-state index contributed by atoms with van der Waals surface area (Å²) < 4.78 is 53.5. The molecule has 1 aromatic carbocycles. The Balaban J connectivity index is 1.62. The van der Waals surface area contributed by atoms with Crippen molar-refractivity contribution in [1.29, 1.82) is 5.26 Å². The second kappa shape index (κ2) is 11.2. The summed E-state index contributed by atoms with van der Waals surface area (Å²) in [4.78, 5) is 25.4. The predicted molar refractivity (Wildman–Crippen MR) is 137 cm³/mol. The van der Waals surface area contributed by atoms with Crippen LogP contribution in [0.15, 0.2) is 24.3 Å². The number of anilines is 1. The third kappa shape index (κ3) is 5.02. The van der Waals surface area contributed by atoms with Crippen LogP contribution in [-0.2, 0) is 24.7 Å². The van der Waals surface area contributed by atoms with E-state index in [-0.39, 0.29) is 25.0 Å². The summed E-state index contributed by atoms with van der Waals surface area (Å²) in [5, 5.41) is 28.7. The minimum absolute atomic E-state index is 0.137. The number of benzene rings is 1. The number of nitriles is 1. The van der Waals surface area contributed by atoms with Crippen LogP contribution in [0, 0.1) is 22.7 Å². The number of esters is 1. The highest BCUT2D eigenvalue weighted by Crippen LogP contribution is 2.51. The van der Waals surface area contributed by atoms with Crippen molar-refractivity contribution >= 4 is 17.6 Å². The molecule has 10 nitrogen and oxygen atoms in total. The zero-order valence-electron chi connectivity index (χ0n) is 22.8. The zero-order chi connectivity index (χ0) is 29.3.